The lowest BCUT2D eigenvalue weighted by atomic mass is 10.0. The largest absolute Gasteiger partial charge is 0.481 e. The zero-order valence-electron chi connectivity index (χ0n) is 16.0. The van der Waals surface area contributed by atoms with Gasteiger partial charge in [0.1, 0.15) is 11.9 Å². The van der Waals surface area contributed by atoms with Crippen molar-refractivity contribution in [2.75, 3.05) is 38.0 Å². The molecule has 1 amide bonds. The van der Waals surface area contributed by atoms with Gasteiger partial charge < -0.3 is 30.1 Å². The van der Waals surface area contributed by atoms with Crippen molar-refractivity contribution in [3.63, 3.8) is 0 Å². The van der Waals surface area contributed by atoms with Gasteiger partial charge in [-0.05, 0) is 18.8 Å². The topological polar surface area (TPSA) is 109 Å². The van der Waals surface area contributed by atoms with E-state index >= 15 is 0 Å². The first kappa shape index (κ1) is 20.2. The summed E-state index contributed by atoms with van der Waals surface area (Å²) in [5.41, 5.74) is 0. The maximum absolute atomic E-state index is 12.7. The highest BCUT2D eigenvalue weighted by molar-refractivity contribution is 5.84. The van der Waals surface area contributed by atoms with Gasteiger partial charge in [0.2, 0.25) is 17.7 Å². The molecule has 2 rings (SSSR count). The van der Waals surface area contributed by atoms with Crippen molar-refractivity contribution in [1.82, 2.24) is 15.3 Å². The number of rotatable bonds is 8. The minimum Gasteiger partial charge on any atom is -0.481 e. The number of aliphatic hydroxyl groups excluding tert-OH is 1. The zero-order chi connectivity index (χ0) is 19.3. The van der Waals surface area contributed by atoms with Gasteiger partial charge in [0.25, 0.3) is 0 Å². The molecule has 1 fully saturated rings. The number of amides is 1. The van der Waals surface area contributed by atoms with E-state index in [2.05, 4.69) is 20.6 Å². The van der Waals surface area contributed by atoms with E-state index in [1.807, 2.05) is 32.8 Å². The lowest BCUT2D eigenvalue weighted by Gasteiger charge is -2.24. The van der Waals surface area contributed by atoms with E-state index < -0.39 is 18.4 Å². The van der Waals surface area contributed by atoms with Crippen LogP contribution in [0.2, 0.25) is 0 Å². The van der Waals surface area contributed by atoms with Gasteiger partial charge in [0, 0.05) is 20.2 Å². The van der Waals surface area contributed by atoms with Crippen molar-refractivity contribution < 1.29 is 19.4 Å². The molecule has 2 heterocycles. The Morgan fingerprint density at radius 1 is 1.46 bits per heavy atom. The van der Waals surface area contributed by atoms with E-state index in [0.717, 1.165) is 0 Å². The molecule has 0 radical (unpaired) electrons. The number of anilines is 2. The summed E-state index contributed by atoms with van der Waals surface area (Å²) in [6.07, 6.45) is 0.210. The third-order valence-corrected chi connectivity index (χ3v) is 4.07. The third-order valence-electron chi connectivity index (χ3n) is 4.07. The van der Waals surface area contributed by atoms with E-state index in [1.165, 1.54) is 7.11 Å². The summed E-state index contributed by atoms with van der Waals surface area (Å²) in [6.45, 7) is 4.50. The number of hydrogen-bond donors (Lipinski definition) is 3. The molecule has 2 unspecified atom stereocenters. The molecular formula is C17H29N5O4. The number of carbonyl (C=O) groups excluding carboxylic acids is 1. The quantitative estimate of drug-likeness (QED) is 0.613. The van der Waals surface area contributed by atoms with Gasteiger partial charge in [-0.2, -0.15) is 9.97 Å². The maximum Gasteiger partial charge on any atom is 0.242 e. The van der Waals surface area contributed by atoms with Crippen LogP contribution in [0.5, 0.6) is 5.88 Å². The van der Waals surface area contributed by atoms with E-state index in [9.17, 15) is 9.90 Å². The lowest BCUT2D eigenvalue weighted by molar-refractivity contribution is -0.126. The van der Waals surface area contributed by atoms with E-state index in [4.69, 9.17) is 9.47 Å². The molecule has 1 aromatic rings. The van der Waals surface area contributed by atoms with Crippen LogP contribution < -0.4 is 20.3 Å². The summed E-state index contributed by atoms with van der Waals surface area (Å²) in [4.78, 5) is 23.3. The molecule has 9 heteroatoms. The molecular weight excluding hydrogens is 338 g/mol. The molecule has 0 aromatic carbocycles. The van der Waals surface area contributed by atoms with E-state index in [0.29, 0.717) is 37.1 Å². The highest BCUT2D eigenvalue weighted by atomic mass is 16.6. The predicted molar refractivity (Wildman–Crippen MR) is 98.3 cm³/mol. The Hall–Kier alpha value is -2.13. The summed E-state index contributed by atoms with van der Waals surface area (Å²) >= 11 is 0. The van der Waals surface area contributed by atoms with E-state index in [-0.39, 0.29) is 11.8 Å². The fourth-order valence-electron chi connectivity index (χ4n) is 2.67. The summed E-state index contributed by atoms with van der Waals surface area (Å²) in [5.74, 6) is 1.46. The average molecular weight is 367 g/mol. The van der Waals surface area contributed by atoms with Crippen LogP contribution in [0.1, 0.15) is 26.7 Å². The summed E-state index contributed by atoms with van der Waals surface area (Å²) in [6, 6.07) is 0.780. The van der Waals surface area contributed by atoms with Gasteiger partial charge in [-0.25, -0.2) is 0 Å². The molecule has 1 saturated heterocycles. The Labute approximate surface area is 154 Å². The molecule has 9 nitrogen and oxygen atoms in total. The molecule has 26 heavy (non-hydrogen) atoms. The molecule has 0 aliphatic carbocycles. The second kappa shape index (κ2) is 9.00. The molecule has 3 N–H and O–H groups in total. The number of nitrogens with zero attached hydrogens (tertiary/aromatic N) is 3. The summed E-state index contributed by atoms with van der Waals surface area (Å²) in [7, 11) is 5.27. The standard InChI is InChI=1S/C17H29N5O4/c1-10(2)8-12(15(23)18-11-6-7-26-16(11)24)19-17-20-13(22(3)4)9-14(21-17)25-5/h9-12,16,24H,6-8H2,1-5H3,(H,18,23)(H,19,20,21)/t11-,12?,16?/m0/s1. The number of methoxy groups -OCH3 is 1. The molecule has 1 aliphatic rings. The SMILES string of the molecule is COc1cc(N(C)C)nc(NC(CC(C)C)C(=O)N[C@H]2CCOC2O)n1. The number of ether oxygens (including phenoxy) is 2. The van der Waals surface area contributed by atoms with Crippen molar-refractivity contribution in [3.05, 3.63) is 6.07 Å². The van der Waals surface area contributed by atoms with Crippen LogP contribution in [0.3, 0.4) is 0 Å². The number of aromatic nitrogens is 2. The molecule has 1 aromatic heterocycles. The van der Waals surface area contributed by atoms with Gasteiger partial charge >= 0.3 is 0 Å². The molecule has 0 spiro atoms. The minimum atomic E-state index is -0.966. The molecule has 0 saturated carbocycles. The normalized spacial score (nSPS) is 20.7. The van der Waals surface area contributed by atoms with Crippen LogP contribution in [0, 0.1) is 5.92 Å². The number of hydrogen-bond acceptors (Lipinski definition) is 8. The van der Waals surface area contributed by atoms with Gasteiger partial charge in [-0.3, -0.25) is 4.79 Å². The van der Waals surface area contributed by atoms with Crippen LogP contribution in [-0.4, -0.2) is 67.2 Å². The first-order valence-corrected chi connectivity index (χ1v) is 8.77. The first-order chi connectivity index (χ1) is 12.3. The predicted octanol–water partition coefficient (Wildman–Crippen LogP) is 0.601. The van der Waals surface area contributed by atoms with Crippen LogP contribution in [0.4, 0.5) is 11.8 Å². The second-order valence-electron chi connectivity index (χ2n) is 6.98. The fourth-order valence-corrected chi connectivity index (χ4v) is 2.67. The number of aliphatic hydroxyl groups is 1. The van der Waals surface area contributed by atoms with Crippen LogP contribution >= 0.6 is 0 Å². The maximum atomic E-state index is 12.7. The van der Waals surface area contributed by atoms with Crippen LogP contribution in [-0.2, 0) is 9.53 Å². The summed E-state index contributed by atoms with van der Waals surface area (Å²) < 4.78 is 10.3. The Morgan fingerprint density at radius 2 is 2.19 bits per heavy atom. The molecule has 146 valence electrons. The van der Waals surface area contributed by atoms with E-state index in [1.54, 1.807) is 6.07 Å². The number of carbonyl (C=O) groups is 1. The van der Waals surface area contributed by atoms with Gasteiger partial charge in [-0.1, -0.05) is 13.8 Å². The third kappa shape index (κ3) is 5.43. The van der Waals surface area contributed by atoms with Crippen molar-refractivity contribution in [3.8, 4) is 5.88 Å². The van der Waals surface area contributed by atoms with Crippen molar-refractivity contribution in [2.24, 2.45) is 5.92 Å². The van der Waals surface area contributed by atoms with Crippen molar-refractivity contribution >= 4 is 17.7 Å². The van der Waals surface area contributed by atoms with Crippen LogP contribution in [0.15, 0.2) is 6.07 Å². The number of nitrogens with one attached hydrogen (secondary N) is 2. The molecule has 1 aliphatic heterocycles. The minimum absolute atomic E-state index is 0.217. The Morgan fingerprint density at radius 3 is 2.73 bits per heavy atom. The molecule has 0 bridgehead atoms. The van der Waals surface area contributed by atoms with Gasteiger partial charge in [0.05, 0.1) is 19.8 Å². The molecule has 3 atom stereocenters. The fraction of sp³-hybridized carbons (Fsp3) is 0.706. The second-order valence-corrected chi connectivity index (χ2v) is 6.98. The van der Waals surface area contributed by atoms with Gasteiger partial charge in [0.15, 0.2) is 6.29 Å². The summed E-state index contributed by atoms with van der Waals surface area (Å²) in [5, 5.41) is 15.7. The Bertz CT molecular complexity index is 611. The van der Waals surface area contributed by atoms with Crippen molar-refractivity contribution in [2.45, 2.75) is 45.1 Å². The van der Waals surface area contributed by atoms with Gasteiger partial charge in [-0.15, -0.1) is 0 Å². The van der Waals surface area contributed by atoms with Crippen molar-refractivity contribution in [1.29, 1.82) is 0 Å². The Balaban J connectivity index is 2.16. The highest BCUT2D eigenvalue weighted by Gasteiger charge is 2.30. The zero-order valence-corrected chi connectivity index (χ0v) is 16.0. The average Bonchev–Trinajstić information content (AvgIpc) is 2.98. The first-order valence-electron chi connectivity index (χ1n) is 8.77. The van der Waals surface area contributed by atoms with Crippen LogP contribution in [0.25, 0.3) is 0 Å². The monoisotopic (exact) mass is 367 g/mol. The smallest absolute Gasteiger partial charge is 0.242 e. The highest BCUT2D eigenvalue weighted by Crippen LogP contribution is 2.20. The Kier molecular flexibility index (Phi) is 6.98. The lowest BCUT2D eigenvalue weighted by Crippen LogP contribution is -2.48.